The number of halogens is 1. The van der Waals surface area contributed by atoms with Gasteiger partial charge in [0.1, 0.15) is 0 Å². The summed E-state index contributed by atoms with van der Waals surface area (Å²) in [5, 5.41) is 1.76. The van der Waals surface area contributed by atoms with E-state index >= 15 is 0 Å². The normalized spacial score (nSPS) is 12.2. The lowest BCUT2D eigenvalue weighted by molar-refractivity contribution is 0.0599. The molecule has 0 amide bonds. The predicted octanol–water partition coefficient (Wildman–Crippen LogP) is 7.58. The number of hydrogen-bond acceptors (Lipinski definition) is 3. The zero-order valence-electron chi connectivity index (χ0n) is 18.8. The first-order chi connectivity index (χ1) is 16.0. The van der Waals surface area contributed by atoms with Crippen molar-refractivity contribution in [3.05, 3.63) is 112 Å². The number of carbonyl (C=O) groups is 1. The number of rotatable bonds is 7. The molecule has 0 aliphatic heterocycles. The van der Waals surface area contributed by atoms with E-state index in [1.165, 1.54) is 12.7 Å². The van der Waals surface area contributed by atoms with Crippen molar-refractivity contribution in [3.8, 4) is 0 Å². The Hall–Kier alpha value is -3.43. The molecule has 0 fully saturated rings. The van der Waals surface area contributed by atoms with Crippen LogP contribution in [0.5, 0.6) is 0 Å². The third-order valence-electron chi connectivity index (χ3n) is 5.87. The van der Waals surface area contributed by atoms with Gasteiger partial charge in [0, 0.05) is 10.4 Å². The van der Waals surface area contributed by atoms with E-state index in [1.54, 1.807) is 0 Å². The Morgan fingerprint density at radius 1 is 1.00 bits per heavy atom. The average Bonchev–Trinajstić information content (AvgIpc) is 2.85. The highest BCUT2D eigenvalue weighted by molar-refractivity contribution is 6.31. The SMILES string of the molecule is COC(=O)c1ccccc1CCC(C)c1cccc(/C=C/c2ccc3ccc(Cl)cc3n2)c1. The van der Waals surface area contributed by atoms with Crippen molar-refractivity contribution in [1.29, 1.82) is 0 Å². The fourth-order valence-corrected chi connectivity index (χ4v) is 4.10. The van der Waals surface area contributed by atoms with Crippen LogP contribution in [0.15, 0.2) is 78.9 Å². The van der Waals surface area contributed by atoms with Crippen LogP contribution in [0.25, 0.3) is 23.1 Å². The second kappa shape index (κ2) is 10.5. The Balaban J connectivity index is 1.46. The molecular weight excluding hydrogens is 430 g/mol. The van der Waals surface area contributed by atoms with E-state index in [9.17, 15) is 4.79 Å². The number of aryl methyl sites for hydroxylation is 1. The third kappa shape index (κ3) is 5.68. The van der Waals surface area contributed by atoms with E-state index in [1.807, 2.05) is 54.6 Å². The van der Waals surface area contributed by atoms with Gasteiger partial charge in [-0.1, -0.05) is 79.2 Å². The van der Waals surface area contributed by atoms with Gasteiger partial charge in [-0.05, 0) is 65.8 Å². The highest BCUT2D eigenvalue weighted by Crippen LogP contribution is 2.25. The summed E-state index contributed by atoms with van der Waals surface area (Å²) in [5.41, 5.74) is 5.85. The largest absolute Gasteiger partial charge is 0.465 e. The fourth-order valence-electron chi connectivity index (χ4n) is 3.94. The molecule has 0 bridgehead atoms. The highest BCUT2D eigenvalue weighted by Gasteiger charge is 2.13. The van der Waals surface area contributed by atoms with Crippen molar-refractivity contribution in [1.82, 2.24) is 4.98 Å². The summed E-state index contributed by atoms with van der Waals surface area (Å²) in [4.78, 5) is 16.7. The van der Waals surface area contributed by atoms with E-state index in [2.05, 4.69) is 43.3 Å². The van der Waals surface area contributed by atoms with Crippen molar-refractivity contribution >= 4 is 40.6 Å². The molecule has 1 atom stereocenters. The highest BCUT2D eigenvalue weighted by atomic mass is 35.5. The molecule has 0 aliphatic rings. The Morgan fingerprint density at radius 2 is 1.82 bits per heavy atom. The molecule has 1 heterocycles. The maximum atomic E-state index is 12.0. The van der Waals surface area contributed by atoms with Crippen LogP contribution < -0.4 is 0 Å². The van der Waals surface area contributed by atoms with Crippen LogP contribution in [-0.4, -0.2) is 18.1 Å². The van der Waals surface area contributed by atoms with Crippen LogP contribution in [0, 0.1) is 0 Å². The molecule has 0 aliphatic carbocycles. The Kier molecular flexibility index (Phi) is 7.21. The van der Waals surface area contributed by atoms with Gasteiger partial charge in [0.05, 0.1) is 23.9 Å². The van der Waals surface area contributed by atoms with Gasteiger partial charge in [0.2, 0.25) is 0 Å². The van der Waals surface area contributed by atoms with E-state index in [4.69, 9.17) is 21.3 Å². The van der Waals surface area contributed by atoms with Crippen molar-refractivity contribution in [2.24, 2.45) is 0 Å². The molecule has 3 aromatic carbocycles. The lowest BCUT2D eigenvalue weighted by Crippen LogP contribution is -2.06. The van der Waals surface area contributed by atoms with Crippen molar-refractivity contribution in [2.75, 3.05) is 7.11 Å². The monoisotopic (exact) mass is 455 g/mol. The first-order valence-corrected chi connectivity index (χ1v) is 11.4. The number of fused-ring (bicyclic) bond motifs is 1. The number of hydrogen-bond donors (Lipinski definition) is 0. The summed E-state index contributed by atoms with van der Waals surface area (Å²) in [5.74, 6) is 0.0694. The van der Waals surface area contributed by atoms with E-state index < -0.39 is 0 Å². The van der Waals surface area contributed by atoms with E-state index in [-0.39, 0.29) is 5.97 Å². The molecule has 3 nitrogen and oxygen atoms in total. The van der Waals surface area contributed by atoms with Crippen LogP contribution >= 0.6 is 11.6 Å². The quantitative estimate of drug-likeness (QED) is 0.269. The van der Waals surface area contributed by atoms with Crippen LogP contribution in [-0.2, 0) is 11.2 Å². The first-order valence-electron chi connectivity index (χ1n) is 11.0. The van der Waals surface area contributed by atoms with Crippen LogP contribution in [0.3, 0.4) is 0 Å². The minimum absolute atomic E-state index is 0.282. The van der Waals surface area contributed by atoms with Gasteiger partial charge in [0.25, 0.3) is 0 Å². The second-order valence-corrected chi connectivity index (χ2v) is 8.60. The van der Waals surface area contributed by atoms with E-state index in [0.29, 0.717) is 16.5 Å². The van der Waals surface area contributed by atoms with Crippen molar-refractivity contribution in [3.63, 3.8) is 0 Å². The number of nitrogens with zero attached hydrogens (tertiary/aromatic N) is 1. The number of aromatic nitrogens is 1. The number of benzene rings is 3. The number of methoxy groups -OCH3 is 1. The summed E-state index contributed by atoms with van der Waals surface area (Å²) in [6.45, 7) is 2.22. The summed E-state index contributed by atoms with van der Waals surface area (Å²) in [6.07, 6.45) is 5.86. The molecule has 166 valence electrons. The average molecular weight is 456 g/mol. The zero-order chi connectivity index (χ0) is 23.2. The minimum atomic E-state index is -0.282. The molecule has 1 aromatic heterocycles. The van der Waals surface area contributed by atoms with Crippen LogP contribution in [0.1, 0.15) is 52.0 Å². The van der Waals surface area contributed by atoms with Gasteiger partial charge in [0.15, 0.2) is 0 Å². The second-order valence-electron chi connectivity index (χ2n) is 8.17. The van der Waals surface area contributed by atoms with Gasteiger partial charge in [-0.2, -0.15) is 0 Å². The van der Waals surface area contributed by atoms with Gasteiger partial charge in [-0.3, -0.25) is 0 Å². The molecule has 4 aromatic rings. The Morgan fingerprint density at radius 3 is 2.67 bits per heavy atom. The lowest BCUT2D eigenvalue weighted by Gasteiger charge is -2.14. The first kappa shape index (κ1) is 22.8. The van der Waals surface area contributed by atoms with E-state index in [0.717, 1.165) is 40.6 Å². The minimum Gasteiger partial charge on any atom is -0.465 e. The molecule has 0 spiro atoms. The number of carbonyl (C=O) groups excluding carboxylic acids is 1. The van der Waals surface area contributed by atoms with Gasteiger partial charge in [-0.15, -0.1) is 0 Å². The van der Waals surface area contributed by atoms with Crippen molar-refractivity contribution in [2.45, 2.75) is 25.7 Å². The lowest BCUT2D eigenvalue weighted by atomic mass is 9.91. The standard InChI is InChI=1S/C29H26ClNO2/c1-20(10-12-22-7-3-4-9-27(22)29(32)33-2)24-8-5-6-21(18-24)11-16-26-17-14-23-13-15-25(30)19-28(23)31-26/h3-9,11,13-20H,10,12H2,1-2H3/b16-11+. The molecular formula is C29H26ClNO2. The summed E-state index contributed by atoms with van der Waals surface area (Å²) in [6, 6.07) is 26.0. The number of esters is 1. The maximum Gasteiger partial charge on any atom is 0.338 e. The van der Waals surface area contributed by atoms with Gasteiger partial charge < -0.3 is 4.74 Å². The summed E-state index contributed by atoms with van der Waals surface area (Å²) < 4.78 is 4.92. The number of ether oxygens (including phenoxy) is 1. The van der Waals surface area contributed by atoms with Crippen LogP contribution in [0.2, 0.25) is 5.02 Å². The maximum absolute atomic E-state index is 12.0. The topological polar surface area (TPSA) is 39.2 Å². The zero-order valence-corrected chi connectivity index (χ0v) is 19.5. The van der Waals surface area contributed by atoms with Crippen LogP contribution in [0.4, 0.5) is 0 Å². The molecule has 0 N–H and O–H groups in total. The molecule has 4 rings (SSSR count). The Labute approximate surface area is 199 Å². The van der Waals surface area contributed by atoms with Gasteiger partial charge >= 0.3 is 5.97 Å². The molecule has 1 unspecified atom stereocenters. The summed E-state index contributed by atoms with van der Waals surface area (Å²) in [7, 11) is 1.42. The summed E-state index contributed by atoms with van der Waals surface area (Å²) >= 11 is 6.11. The third-order valence-corrected chi connectivity index (χ3v) is 6.11. The molecule has 0 radical (unpaired) electrons. The molecule has 0 saturated carbocycles. The van der Waals surface area contributed by atoms with Crippen molar-refractivity contribution < 1.29 is 9.53 Å². The number of pyridine rings is 1. The molecule has 0 saturated heterocycles. The molecule has 4 heteroatoms. The smallest absolute Gasteiger partial charge is 0.338 e. The predicted molar refractivity (Wildman–Crippen MR) is 137 cm³/mol. The molecule has 33 heavy (non-hydrogen) atoms. The Bertz CT molecular complexity index is 1310. The fraction of sp³-hybridized carbons (Fsp3) is 0.172. The van der Waals surface area contributed by atoms with Gasteiger partial charge in [-0.25, -0.2) is 9.78 Å².